The van der Waals surface area contributed by atoms with Gasteiger partial charge in [-0.15, -0.1) is 0 Å². The number of phenolic OH excluding ortho intramolecular Hbond substituents is 1. The van der Waals surface area contributed by atoms with Crippen LogP contribution >= 0.6 is 0 Å². The van der Waals surface area contributed by atoms with Crippen LogP contribution in [0.2, 0.25) is 0 Å². The van der Waals surface area contributed by atoms with Crippen molar-refractivity contribution < 1.29 is 14.6 Å². The van der Waals surface area contributed by atoms with Crippen LogP contribution in [-0.4, -0.2) is 18.3 Å². The minimum absolute atomic E-state index is 0.0433. The molecule has 1 aliphatic rings. The second-order valence-corrected chi connectivity index (χ2v) is 2.98. The Hall–Kier alpha value is -1.58. The maximum atomic E-state index is 9.40. The van der Waals surface area contributed by atoms with Gasteiger partial charge in [-0.1, -0.05) is 0 Å². The molecule has 0 atom stereocenters. The van der Waals surface area contributed by atoms with E-state index < -0.39 is 0 Å². The third kappa shape index (κ3) is 1.14. The summed E-state index contributed by atoms with van der Waals surface area (Å²) in [6.45, 7) is 2.84. The Balaban J connectivity index is 2.63. The third-order valence-electron chi connectivity index (χ3n) is 2.01. The highest BCUT2D eigenvalue weighted by atomic mass is 16.6. The fourth-order valence-electron chi connectivity index (χ4n) is 1.38. The largest absolute Gasteiger partial charge is 0.506 e. The number of hydrogen-bond donors (Lipinski definition) is 2. The first kappa shape index (κ1) is 8.04. The van der Waals surface area contributed by atoms with E-state index in [1.807, 2.05) is 6.92 Å². The molecule has 1 aromatic carbocycles. The van der Waals surface area contributed by atoms with Gasteiger partial charge in [-0.2, -0.15) is 0 Å². The summed E-state index contributed by atoms with van der Waals surface area (Å²) >= 11 is 0. The molecule has 0 aromatic heterocycles. The predicted octanol–water partition coefficient (Wildman–Crippen LogP) is 1.05. The molecule has 3 N–H and O–H groups in total. The van der Waals surface area contributed by atoms with Crippen molar-refractivity contribution in [1.82, 2.24) is 0 Å². The van der Waals surface area contributed by atoms with Crippen LogP contribution in [0, 0.1) is 6.92 Å². The maximum Gasteiger partial charge on any atom is 0.188 e. The molecule has 0 amide bonds. The van der Waals surface area contributed by atoms with E-state index >= 15 is 0 Å². The number of anilines is 1. The highest BCUT2D eigenvalue weighted by molar-refractivity contribution is 5.70. The van der Waals surface area contributed by atoms with E-state index in [9.17, 15) is 5.11 Å². The Morgan fingerprint density at radius 3 is 2.62 bits per heavy atom. The zero-order chi connectivity index (χ0) is 9.42. The molecule has 13 heavy (non-hydrogen) atoms. The molecule has 1 aromatic rings. The molecule has 1 heterocycles. The summed E-state index contributed by atoms with van der Waals surface area (Å²) in [5.41, 5.74) is 6.70. The summed E-state index contributed by atoms with van der Waals surface area (Å²) in [5.74, 6) is 1.15. The van der Waals surface area contributed by atoms with Crippen molar-refractivity contribution in [3.63, 3.8) is 0 Å². The van der Waals surface area contributed by atoms with Crippen molar-refractivity contribution in [2.75, 3.05) is 18.9 Å². The van der Waals surface area contributed by atoms with E-state index in [0.29, 0.717) is 24.7 Å². The number of benzene rings is 1. The van der Waals surface area contributed by atoms with Crippen LogP contribution < -0.4 is 15.2 Å². The first-order valence-corrected chi connectivity index (χ1v) is 4.08. The lowest BCUT2D eigenvalue weighted by Crippen LogP contribution is -2.17. The van der Waals surface area contributed by atoms with Crippen molar-refractivity contribution >= 4 is 5.69 Å². The normalized spacial score (nSPS) is 14.2. The van der Waals surface area contributed by atoms with Crippen LogP contribution in [0.5, 0.6) is 17.2 Å². The lowest BCUT2D eigenvalue weighted by atomic mass is 10.1. The zero-order valence-electron chi connectivity index (χ0n) is 7.33. The number of aromatic hydroxyl groups is 1. The average Bonchev–Trinajstić information content (AvgIpc) is 2.15. The van der Waals surface area contributed by atoms with Crippen LogP contribution in [0.3, 0.4) is 0 Å². The molecule has 0 fully saturated rings. The topological polar surface area (TPSA) is 64.7 Å². The first-order valence-electron chi connectivity index (χ1n) is 4.08. The third-order valence-corrected chi connectivity index (χ3v) is 2.01. The zero-order valence-corrected chi connectivity index (χ0v) is 7.33. The molecular weight excluding hydrogens is 170 g/mol. The number of rotatable bonds is 0. The van der Waals surface area contributed by atoms with Crippen LogP contribution in [0.25, 0.3) is 0 Å². The monoisotopic (exact) mass is 181 g/mol. The van der Waals surface area contributed by atoms with Gasteiger partial charge in [0.1, 0.15) is 24.7 Å². The molecule has 0 spiro atoms. The van der Waals surface area contributed by atoms with Gasteiger partial charge >= 0.3 is 0 Å². The number of fused-ring (bicyclic) bond motifs is 1. The Bertz CT molecular complexity index is 349. The number of phenols is 1. The standard InChI is InChI=1S/C9H11NO3/c1-5-4-6(11)7(10)9-8(5)12-2-3-13-9/h4,11H,2-3,10H2,1H3. The molecule has 4 nitrogen and oxygen atoms in total. The number of ether oxygens (including phenoxy) is 2. The number of nitrogen functional groups attached to an aromatic ring is 1. The van der Waals surface area contributed by atoms with Crippen LogP contribution in [0.1, 0.15) is 5.56 Å². The highest BCUT2D eigenvalue weighted by Crippen LogP contribution is 2.43. The lowest BCUT2D eigenvalue weighted by molar-refractivity contribution is 0.171. The van der Waals surface area contributed by atoms with E-state index in [0.717, 1.165) is 5.56 Å². The summed E-state index contributed by atoms with van der Waals surface area (Å²) in [7, 11) is 0. The Morgan fingerprint density at radius 1 is 1.31 bits per heavy atom. The minimum atomic E-state index is 0.0433. The molecule has 2 rings (SSSR count). The highest BCUT2D eigenvalue weighted by Gasteiger charge is 2.19. The quantitative estimate of drug-likeness (QED) is 0.464. The second-order valence-electron chi connectivity index (χ2n) is 2.98. The smallest absolute Gasteiger partial charge is 0.188 e. The number of hydrogen-bond acceptors (Lipinski definition) is 4. The fourth-order valence-corrected chi connectivity index (χ4v) is 1.38. The molecule has 0 unspecified atom stereocenters. The van der Waals surface area contributed by atoms with Crippen molar-refractivity contribution in [2.24, 2.45) is 0 Å². The summed E-state index contributed by atoms with van der Waals surface area (Å²) in [4.78, 5) is 0. The maximum absolute atomic E-state index is 9.40. The fraction of sp³-hybridized carbons (Fsp3) is 0.333. The molecule has 0 saturated heterocycles. The van der Waals surface area contributed by atoms with E-state index in [1.54, 1.807) is 6.07 Å². The molecule has 0 radical (unpaired) electrons. The van der Waals surface area contributed by atoms with Gasteiger partial charge in [-0.05, 0) is 18.6 Å². The first-order chi connectivity index (χ1) is 6.20. The summed E-state index contributed by atoms with van der Waals surface area (Å²) in [6, 6.07) is 1.57. The van der Waals surface area contributed by atoms with Gasteiger partial charge in [0.15, 0.2) is 11.5 Å². The minimum Gasteiger partial charge on any atom is -0.506 e. The molecular formula is C9H11NO3. The van der Waals surface area contributed by atoms with Crippen molar-refractivity contribution in [3.05, 3.63) is 11.6 Å². The van der Waals surface area contributed by atoms with E-state index in [-0.39, 0.29) is 11.4 Å². The molecule has 0 bridgehead atoms. The Labute approximate surface area is 75.9 Å². The van der Waals surface area contributed by atoms with Crippen LogP contribution in [0.4, 0.5) is 5.69 Å². The Kier molecular flexibility index (Phi) is 1.69. The summed E-state index contributed by atoms with van der Waals surface area (Å²) in [5, 5.41) is 9.40. The van der Waals surface area contributed by atoms with Gasteiger partial charge in [0.25, 0.3) is 0 Å². The van der Waals surface area contributed by atoms with Gasteiger partial charge in [-0.3, -0.25) is 0 Å². The van der Waals surface area contributed by atoms with Gasteiger partial charge < -0.3 is 20.3 Å². The van der Waals surface area contributed by atoms with E-state index in [4.69, 9.17) is 15.2 Å². The SMILES string of the molecule is Cc1cc(O)c(N)c2c1OCCO2. The second kappa shape index (κ2) is 2.73. The van der Waals surface area contributed by atoms with Gasteiger partial charge in [0.2, 0.25) is 0 Å². The summed E-state index contributed by atoms with van der Waals surface area (Å²) in [6.07, 6.45) is 0. The van der Waals surface area contributed by atoms with Crippen LogP contribution in [-0.2, 0) is 0 Å². The van der Waals surface area contributed by atoms with Crippen molar-refractivity contribution in [3.8, 4) is 17.2 Å². The number of nitrogens with two attached hydrogens (primary N) is 1. The number of aryl methyl sites for hydroxylation is 1. The van der Waals surface area contributed by atoms with Crippen molar-refractivity contribution in [1.29, 1.82) is 0 Å². The Morgan fingerprint density at radius 2 is 1.92 bits per heavy atom. The van der Waals surface area contributed by atoms with Gasteiger partial charge in [0.05, 0.1) is 0 Å². The van der Waals surface area contributed by atoms with Gasteiger partial charge in [-0.25, -0.2) is 0 Å². The molecule has 4 heteroatoms. The van der Waals surface area contributed by atoms with Gasteiger partial charge in [0, 0.05) is 0 Å². The molecule has 70 valence electrons. The molecule has 0 saturated carbocycles. The molecule has 0 aliphatic carbocycles. The van der Waals surface area contributed by atoms with Crippen molar-refractivity contribution in [2.45, 2.75) is 6.92 Å². The van der Waals surface area contributed by atoms with E-state index in [1.165, 1.54) is 0 Å². The summed E-state index contributed by atoms with van der Waals surface area (Å²) < 4.78 is 10.7. The van der Waals surface area contributed by atoms with E-state index in [2.05, 4.69) is 0 Å². The predicted molar refractivity (Wildman–Crippen MR) is 48.2 cm³/mol. The lowest BCUT2D eigenvalue weighted by Gasteiger charge is -2.21. The molecule has 1 aliphatic heterocycles. The van der Waals surface area contributed by atoms with Crippen LogP contribution in [0.15, 0.2) is 6.07 Å². The average molecular weight is 181 g/mol.